The molecule has 2 bridgehead atoms. The van der Waals surface area contributed by atoms with Crippen LogP contribution in [0.3, 0.4) is 0 Å². The van der Waals surface area contributed by atoms with E-state index in [2.05, 4.69) is 81.3 Å². The molecule has 3 fully saturated rings. The fourth-order valence-electron chi connectivity index (χ4n) is 8.40. The molecule has 3 aliphatic heterocycles. The van der Waals surface area contributed by atoms with Gasteiger partial charge in [-0.05, 0) is 93.7 Å². The number of piperidine rings is 2. The van der Waals surface area contributed by atoms with E-state index in [4.69, 9.17) is 4.98 Å². The molecule has 3 aliphatic rings. The van der Waals surface area contributed by atoms with Gasteiger partial charge in [0.15, 0.2) is 0 Å². The quantitative estimate of drug-likeness (QED) is 0.280. The summed E-state index contributed by atoms with van der Waals surface area (Å²) in [6.45, 7) is 6.13. The van der Waals surface area contributed by atoms with E-state index in [9.17, 15) is 9.59 Å². The predicted octanol–water partition coefficient (Wildman–Crippen LogP) is 6.13. The molecule has 228 valence electrons. The average molecular weight is 591 g/mol. The third-order valence-electron chi connectivity index (χ3n) is 10.6. The molecule has 8 nitrogen and oxygen atoms in total. The van der Waals surface area contributed by atoms with E-state index in [0.717, 1.165) is 37.1 Å². The Balaban J connectivity index is 1.05. The second-order valence-corrected chi connectivity index (χ2v) is 13.1. The molecule has 4 aromatic rings. The molecule has 0 saturated carbocycles. The Morgan fingerprint density at radius 2 is 1.64 bits per heavy atom. The Hall–Kier alpha value is -4.04. The lowest BCUT2D eigenvalue weighted by Gasteiger charge is -2.45. The predicted molar refractivity (Wildman–Crippen MR) is 173 cm³/mol. The van der Waals surface area contributed by atoms with E-state index in [1.165, 1.54) is 43.7 Å². The minimum Gasteiger partial charge on any atom is -0.339 e. The minimum atomic E-state index is -0.198. The van der Waals surface area contributed by atoms with Crippen LogP contribution in [0.5, 0.6) is 0 Å². The van der Waals surface area contributed by atoms with Crippen molar-refractivity contribution >= 4 is 28.7 Å². The zero-order chi connectivity index (χ0) is 30.3. The van der Waals surface area contributed by atoms with Crippen LogP contribution in [0, 0.1) is 6.92 Å². The monoisotopic (exact) mass is 590 g/mol. The minimum absolute atomic E-state index is 0.00287. The van der Waals surface area contributed by atoms with Gasteiger partial charge in [0.05, 0.1) is 11.0 Å². The van der Waals surface area contributed by atoms with Crippen LogP contribution >= 0.6 is 0 Å². The largest absolute Gasteiger partial charge is 0.339 e. The number of aryl methyl sites for hydroxylation is 1. The zero-order valence-electron chi connectivity index (χ0n) is 25.8. The second-order valence-electron chi connectivity index (χ2n) is 13.1. The normalized spacial score (nSPS) is 23.1. The van der Waals surface area contributed by atoms with Gasteiger partial charge in [0.1, 0.15) is 11.6 Å². The smallest absolute Gasteiger partial charge is 0.254 e. The second kappa shape index (κ2) is 11.8. The molecule has 0 radical (unpaired) electrons. The van der Waals surface area contributed by atoms with Gasteiger partial charge in [-0.3, -0.25) is 14.5 Å². The highest BCUT2D eigenvalue weighted by Gasteiger charge is 2.44. The number of likely N-dealkylation sites (tertiary alicyclic amines) is 1. The highest BCUT2D eigenvalue weighted by molar-refractivity contribution is 5.96. The van der Waals surface area contributed by atoms with Gasteiger partial charge in [-0.15, -0.1) is 0 Å². The third kappa shape index (κ3) is 5.40. The van der Waals surface area contributed by atoms with Crippen molar-refractivity contribution in [1.29, 1.82) is 0 Å². The fraction of sp³-hybridized carbons (Fsp3) is 0.444. The fourth-order valence-corrected chi connectivity index (χ4v) is 8.40. The molecule has 44 heavy (non-hydrogen) atoms. The number of aromatic nitrogens is 3. The van der Waals surface area contributed by atoms with Crippen LogP contribution in [0.2, 0.25) is 0 Å². The first kappa shape index (κ1) is 28.7. The van der Waals surface area contributed by atoms with E-state index < -0.39 is 0 Å². The standard InChI is InChI=1S/C36H42N6O2/c1-25-38-32-10-6-7-11-33(32)42(25)31-23-29-12-13-30(24-31)41(29)21-17-36(28-8-4-3-5-9-28)15-19-40(20-16-36)35(44)27-14-18-37-34(22-27)39-26(2)43/h3-11,14,18,22,29-31H,12-13,15-17,19-21,23-24H2,1-2H3,(H,37,39,43)/t29-,30+,31?. The summed E-state index contributed by atoms with van der Waals surface area (Å²) in [5, 5.41) is 2.69. The zero-order valence-corrected chi connectivity index (χ0v) is 25.8. The van der Waals surface area contributed by atoms with Crippen LogP contribution in [0.4, 0.5) is 5.82 Å². The molecule has 2 aromatic heterocycles. The van der Waals surface area contributed by atoms with Crippen molar-refractivity contribution < 1.29 is 9.59 Å². The number of anilines is 1. The number of fused-ring (bicyclic) bond motifs is 3. The Morgan fingerprint density at radius 3 is 2.36 bits per heavy atom. The number of rotatable bonds is 7. The maximum absolute atomic E-state index is 13.5. The summed E-state index contributed by atoms with van der Waals surface area (Å²) < 4.78 is 2.51. The first-order valence-electron chi connectivity index (χ1n) is 16.2. The first-order chi connectivity index (χ1) is 21.4. The van der Waals surface area contributed by atoms with E-state index >= 15 is 0 Å². The molecule has 5 heterocycles. The number of hydrogen-bond acceptors (Lipinski definition) is 5. The lowest BCUT2D eigenvalue weighted by Crippen LogP contribution is -2.49. The van der Waals surface area contributed by atoms with Gasteiger partial charge < -0.3 is 14.8 Å². The summed E-state index contributed by atoms with van der Waals surface area (Å²) in [4.78, 5) is 38.8. The van der Waals surface area contributed by atoms with Crippen LogP contribution in [-0.2, 0) is 10.2 Å². The van der Waals surface area contributed by atoms with E-state index in [1.54, 1.807) is 18.3 Å². The molecule has 0 spiro atoms. The first-order valence-corrected chi connectivity index (χ1v) is 16.2. The lowest BCUT2D eigenvalue weighted by molar-refractivity contribution is -0.114. The molecule has 3 saturated heterocycles. The Kier molecular flexibility index (Phi) is 7.70. The van der Waals surface area contributed by atoms with Gasteiger partial charge in [0.2, 0.25) is 5.91 Å². The molecule has 2 amide bonds. The molecule has 1 unspecified atom stereocenters. The number of benzene rings is 2. The molecule has 7 rings (SSSR count). The molecule has 2 aromatic carbocycles. The third-order valence-corrected chi connectivity index (χ3v) is 10.6. The van der Waals surface area contributed by atoms with Crippen LogP contribution in [-0.4, -0.2) is 67.9 Å². The number of imidazole rings is 1. The van der Waals surface area contributed by atoms with Crippen LogP contribution in [0.25, 0.3) is 11.0 Å². The number of para-hydroxylation sites is 2. The highest BCUT2D eigenvalue weighted by Crippen LogP contribution is 2.45. The van der Waals surface area contributed by atoms with Crippen LogP contribution in [0.1, 0.15) is 79.7 Å². The van der Waals surface area contributed by atoms with Gasteiger partial charge >= 0.3 is 0 Å². The molecule has 3 atom stereocenters. The van der Waals surface area contributed by atoms with Gasteiger partial charge in [-0.2, -0.15) is 0 Å². The summed E-state index contributed by atoms with van der Waals surface area (Å²) in [7, 11) is 0. The Bertz CT molecular complexity index is 1640. The highest BCUT2D eigenvalue weighted by atomic mass is 16.2. The summed E-state index contributed by atoms with van der Waals surface area (Å²) in [6, 6.07) is 24.7. The number of hydrogen-bond donors (Lipinski definition) is 1. The molecular weight excluding hydrogens is 548 g/mol. The molecule has 1 N–H and O–H groups in total. The van der Waals surface area contributed by atoms with Crippen molar-refractivity contribution in [2.45, 2.75) is 82.3 Å². The van der Waals surface area contributed by atoms with Crippen molar-refractivity contribution in [1.82, 2.24) is 24.3 Å². The number of carbonyl (C=O) groups excluding carboxylic acids is 2. The molecular formula is C36H42N6O2. The van der Waals surface area contributed by atoms with Gasteiger partial charge in [-0.25, -0.2) is 9.97 Å². The van der Waals surface area contributed by atoms with Gasteiger partial charge in [-0.1, -0.05) is 42.5 Å². The van der Waals surface area contributed by atoms with Crippen molar-refractivity contribution in [2.75, 3.05) is 25.0 Å². The maximum Gasteiger partial charge on any atom is 0.254 e. The average Bonchev–Trinajstić information content (AvgIpc) is 3.50. The maximum atomic E-state index is 13.5. The van der Waals surface area contributed by atoms with E-state index in [-0.39, 0.29) is 17.2 Å². The number of pyridine rings is 1. The summed E-state index contributed by atoms with van der Waals surface area (Å²) in [6.07, 6.45) is 9.50. The summed E-state index contributed by atoms with van der Waals surface area (Å²) in [5.41, 5.74) is 4.38. The van der Waals surface area contributed by atoms with Crippen molar-refractivity contribution in [3.63, 3.8) is 0 Å². The number of nitrogens with one attached hydrogen (secondary N) is 1. The SMILES string of the molecule is CC(=O)Nc1cc(C(=O)N2CCC(CCN3[C@@H]4CC[C@H]3CC(n3c(C)nc5ccccc53)C4)(c3ccccc3)CC2)ccn1. The van der Waals surface area contributed by atoms with Crippen LogP contribution in [0.15, 0.2) is 72.9 Å². The number of nitrogens with zero attached hydrogens (tertiary/aromatic N) is 5. The van der Waals surface area contributed by atoms with Gasteiger partial charge in [0.25, 0.3) is 5.91 Å². The Labute approximate surface area is 259 Å². The number of carbonyl (C=O) groups is 2. The van der Waals surface area contributed by atoms with E-state index in [0.29, 0.717) is 42.6 Å². The molecule has 8 heteroatoms. The van der Waals surface area contributed by atoms with E-state index in [1.807, 2.05) is 4.90 Å². The number of amides is 2. The lowest BCUT2D eigenvalue weighted by atomic mass is 9.70. The molecule has 0 aliphatic carbocycles. The van der Waals surface area contributed by atoms with Crippen LogP contribution < -0.4 is 5.32 Å². The Morgan fingerprint density at radius 1 is 0.932 bits per heavy atom. The van der Waals surface area contributed by atoms with Gasteiger partial charge in [0, 0.05) is 49.9 Å². The van der Waals surface area contributed by atoms with Crippen molar-refractivity contribution in [3.8, 4) is 0 Å². The topological polar surface area (TPSA) is 83.4 Å². The van der Waals surface area contributed by atoms with Crippen molar-refractivity contribution in [3.05, 3.63) is 89.9 Å². The summed E-state index contributed by atoms with van der Waals surface area (Å²) in [5.74, 6) is 1.35. The van der Waals surface area contributed by atoms with Crippen molar-refractivity contribution in [2.24, 2.45) is 0 Å². The summed E-state index contributed by atoms with van der Waals surface area (Å²) >= 11 is 0.